The lowest BCUT2D eigenvalue weighted by Crippen LogP contribution is -2.30. The highest BCUT2D eigenvalue weighted by Crippen LogP contribution is 2.17. The summed E-state index contributed by atoms with van der Waals surface area (Å²) in [6, 6.07) is 7.34. The second-order valence-corrected chi connectivity index (χ2v) is 5.22. The second kappa shape index (κ2) is 7.10. The maximum Gasteiger partial charge on any atom is 0.0914 e. The summed E-state index contributed by atoms with van der Waals surface area (Å²) in [5.41, 5.74) is 0.902. The van der Waals surface area contributed by atoms with Gasteiger partial charge in [0, 0.05) is 24.8 Å². The van der Waals surface area contributed by atoms with Crippen molar-refractivity contribution in [1.29, 1.82) is 0 Å². The van der Waals surface area contributed by atoms with Crippen molar-refractivity contribution < 1.29 is 9.84 Å². The Balaban J connectivity index is 1.70. The van der Waals surface area contributed by atoms with Crippen molar-refractivity contribution in [2.45, 2.75) is 18.9 Å². The number of aliphatic hydroxyl groups is 1. The molecule has 18 heavy (non-hydrogen) atoms. The molecule has 4 heteroatoms. The third-order valence-corrected chi connectivity index (χ3v) is 3.62. The van der Waals surface area contributed by atoms with Crippen molar-refractivity contribution >= 4 is 11.6 Å². The van der Waals surface area contributed by atoms with Crippen LogP contribution in [0.5, 0.6) is 0 Å². The first-order chi connectivity index (χ1) is 8.75. The number of halogens is 1. The zero-order valence-electron chi connectivity index (χ0n) is 10.4. The first-order valence-corrected chi connectivity index (χ1v) is 6.85. The van der Waals surface area contributed by atoms with Crippen LogP contribution < -0.4 is 5.32 Å². The first-order valence-electron chi connectivity index (χ1n) is 6.47. The van der Waals surface area contributed by atoms with E-state index < -0.39 is 6.10 Å². The van der Waals surface area contributed by atoms with E-state index in [1.165, 1.54) is 0 Å². The van der Waals surface area contributed by atoms with E-state index in [4.69, 9.17) is 16.3 Å². The third kappa shape index (κ3) is 4.25. The van der Waals surface area contributed by atoms with Gasteiger partial charge >= 0.3 is 0 Å². The van der Waals surface area contributed by atoms with Crippen LogP contribution in [-0.2, 0) is 4.74 Å². The predicted molar refractivity (Wildman–Crippen MR) is 72.8 cm³/mol. The number of hydrogen-bond acceptors (Lipinski definition) is 3. The Hall–Kier alpha value is -0.610. The van der Waals surface area contributed by atoms with E-state index in [2.05, 4.69) is 5.32 Å². The minimum atomic E-state index is -0.470. The minimum absolute atomic E-state index is 0.470. The van der Waals surface area contributed by atoms with Gasteiger partial charge in [0.25, 0.3) is 0 Å². The molecule has 2 N–H and O–H groups in total. The van der Waals surface area contributed by atoms with Gasteiger partial charge in [0.2, 0.25) is 0 Å². The van der Waals surface area contributed by atoms with E-state index >= 15 is 0 Å². The van der Waals surface area contributed by atoms with Crippen LogP contribution in [0, 0.1) is 5.92 Å². The average molecular weight is 270 g/mol. The van der Waals surface area contributed by atoms with Crippen molar-refractivity contribution in [3.05, 3.63) is 34.9 Å². The van der Waals surface area contributed by atoms with E-state index in [1.54, 1.807) is 12.1 Å². The monoisotopic (exact) mass is 269 g/mol. The lowest BCUT2D eigenvalue weighted by molar-refractivity contribution is 0.0649. The Bertz CT molecular complexity index is 349. The first kappa shape index (κ1) is 13.8. The lowest BCUT2D eigenvalue weighted by atomic mass is 10.0. The molecule has 1 aliphatic rings. The molecule has 0 amide bonds. The highest BCUT2D eigenvalue weighted by Gasteiger charge is 2.14. The zero-order valence-corrected chi connectivity index (χ0v) is 11.2. The molecule has 0 bridgehead atoms. The van der Waals surface area contributed by atoms with Crippen LogP contribution >= 0.6 is 11.6 Å². The molecule has 0 spiro atoms. The van der Waals surface area contributed by atoms with Crippen LogP contribution in [0.3, 0.4) is 0 Å². The van der Waals surface area contributed by atoms with Gasteiger partial charge in [-0.15, -0.1) is 0 Å². The van der Waals surface area contributed by atoms with Crippen LogP contribution in [0.4, 0.5) is 0 Å². The second-order valence-electron chi connectivity index (χ2n) is 4.78. The summed E-state index contributed by atoms with van der Waals surface area (Å²) in [7, 11) is 0. The van der Waals surface area contributed by atoms with Gasteiger partial charge in [-0.1, -0.05) is 23.7 Å². The molecule has 1 aromatic carbocycles. The molecule has 0 aromatic heterocycles. The van der Waals surface area contributed by atoms with Crippen LogP contribution in [0.25, 0.3) is 0 Å². The average Bonchev–Trinajstić information content (AvgIpc) is 2.40. The fourth-order valence-electron chi connectivity index (χ4n) is 2.18. The van der Waals surface area contributed by atoms with Gasteiger partial charge < -0.3 is 15.2 Å². The van der Waals surface area contributed by atoms with Crippen molar-refractivity contribution in [2.75, 3.05) is 26.3 Å². The van der Waals surface area contributed by atoms with Crippen molar-refractivity contribution in [3.8, 4) is 0 Å². The van der Waals surface area contributed by atoms with Gasteiger partial charge in [0.1, 0.15) is 0 Å². The molecular formula is C14H20ClNO2. The lowest BCUT2D eigenvalue weighted by Gasteiger charge is -2.23. The normalized spacial score (nSPS) is 18.8. The number of aliphatic hydroxyl groups excluding tert-OH is 1. The minimum Gasteiger partial charge on any atom is -0.387 e. The largest absolute Gasteiger partial charge is 0.387 e. The molecule has 1 saturated heterocycles. The van der Waals surface area contributed by atoms with E-state index in [9.17, 15) is 5.11 Å². The van der Waals surface area contributed by atoms with Crippen molar-refractivity contribution in [2.24, 2.45) is 5.92 Å². The van der Waals surface area contributed by atoms with Crippen LogP contribution in [-0.4, -0.2) is 31.4 Å². The Morgan fingerprint density at radius 2 is 1.94 bits per heavy atom. The molecular weight excluding hydrogens is 250 g/mol. The highest BCUT2D eigenvalue weighted by atomic mass is 35.5. The quantitative estimate of drug-likeness (QED) is 0.862. The molecule has 3 nitrogen and oxygen atoms in total. The van der Waals surface area contributed by atoms with Gasteiger partial charge in [-0.2, -0.15) is 0 Å². The summed E-state index contributed by atoms with van der Waals surface area (Å²) in [4.78, 5) is 0. The molecule has 0 saturated carbocycles. The summed E-state index contributed by atoms with van der Waals surface area (Å²) < 4.78 is 5.32. The summed E-state index contributed by atoms with van der Waals surface area (Å²) in [6.45, 7) is 3.27. The SMILES string of the molecule is OC(CNCC1CCOCC1)c1ccc(Cl)cc1. The molecule has 0 aliphatic carbocycles. The summed E-state index contributed by atoms with van der Waals surface area (Å²) >= 11 is 5.81. The highest BCUT2D eigenvalue weighted by molar-refractivity contribution is 6.30. The number of rotatable bonds is 5. The predicted octanol–water partition coefficient (Wildman–Crippen LogP) is 2.39. The fraction of sp³-hybridized carbons (Fsp3) is 0.571. The molecule has 0 radical (unpaired) electrons. The topological polar surface area (TPSA) is 41.5 Å². The van der Waals surface area contributed by atoms with Gasteiger partial charge in [-0.25, -0.2) is 0 Å². The van der Waals surface area contributed by atoms with Gasteiger partial charge in [-0.05, 0) is 43.0 Å². The number of nitrogens with one attached hydrogen (secondary N) is 1. The maximum absolute atomic E-state index is 10.0. The van der Waals surface area contributed by atoms with Crippen LogP contribution in [0.1, 0.15) is 24.5 Å². The molecule has 1 heterocycles. The molecule has 1 fully saturated rings. The van der Waals surface area contributed by atoms with Crippen LogP contribution in [0.15, 0.2) is 24.3 Å². The molecule has 100 valence electrons. The number of hydrogen-bond donors (Lipinski definition) is 2. The Morgan fingerprint density at radius 1 is 1.28 bits per heavy atom. The Kier molecular flexibility index (Phi) is 5.45. The summed E-state index contributed by atoms with van der Waals surface area (Å²) in [5, 5.41) is 14.0. The standard InChI is InChI=1S/C14H20ClNO2/c15-13-3-1-12(2-4-13)14(17)10-16-9-11-5-7-18-8-6-11/h1-4,11,14,16-17H,5-10H2. The number of ether oxygens (including phenoxy) is 1. The summed E-state index contributed by atoms with van der Waals surface area (Å²) in [6.07, 6.45) is 1.76. The van der Waals surface area contributed by atoms with E-state index in [1.807, 2.05) is 12.1 Å². The molecule has 1 aliphatic heterocycles. The molecule has 1 atom stereocenters. The van der Waals surface area contributed by atoms with E-state index in [0.717, 1.165) is 38.2 Å². The smallest absolute Gasteiger partial charge is 0.0914 e. The Labute approximate surface area is 113 Å². The van der Waals surface area contributed by atoms with Crippen molar-refractivity contribution in [1.82, 2.24) is 5.32 Å². The fourth-order valence-corrected chi connectivity index (χ4v) is 2.30. The van der Waals surface area contributed by atoms with Crippen molar-refractivity contribution in [3.63, 3.8) is 0 Å². The van der Waals surface area contributed by atoms with Gasteiger partial charge in [-0.3, -0.25) is 0 Å². The number of benzene rings is 1. The summed E-state index contributed by atoms with van der Waals surface area (Å²) in [5.74, 6) is 0.677. The third-order valence-electron chi connectivity index (χ3n) is 3.37. The molecule has 1 unspecified atom stereocenters. The van der Waals surface area contributed by atoms with Crippen LogP contribution in [0.2, 0.25) is 5.02 Å². The van der Waals surface area contributed by atoms with E-state index in [0.29, 0.717) is 17.5 Å². The van der Waals surface area contributed by atoms with Gasteiger partial charge in [0.15, 0.2) is 0 Å². The van der Waals surface area contributed by atoms with Gasteiger partial charge in [0.05, 0.1) is 6.10 Å². The molecule has 1 aromatic rings. The molecule has 2 rings (SSSR count). The maximum atomic E-state index is 10.0. The zero-order chi connectivity index (χ0) is 12.8. The Morgan fingerprint density at radius 3 is 2.61 bits per heavy atom. The van der Waals surface area contributed by atoms with E-state index in [-0.39, 0.29) is 0 Å².